The summed E-state index contributed by atoms with van der Waals surface area (Å²) in [6, 6.07) is 3.83. The lowest BCUT2D eigenvalue weighted by Gasteiger charge is -2.07. The van der Waals surface area contributed by atoms with Gasteiger partial charge in [-0.1, -0.05) is 19.9 Å². The van der Waals surface area contributed by atoms with Crippen molar-refractivity contribution in [1.82, 2.24) is 0 Å². The summed E-state index contributed by atoms with van der Waals surface area (Å²) >= 11 is 0. The molecule has 0 aliphatic heterocycles. The minimum Gasteiger partial charge on any atom is -0.487 e. The van der Waals surface area contributed by atoms with E-state index in [-0.39, 0.29) is 5.75 Å². The molecule has 0 N–H and O–H groups in total. The maximum Gasteiger partial charge on any atom is 0.272 e. The molecule has 1 rings (SSSR count). The number of hydrogen-bond acceptors (Lipinski definition) is 1. The average molecular weight is 220 g/mol. The van der Waals surface area contributed by atoms with Gasteiger partial charge in [0.1, 0.15) is 18.2 Å². The van der Waals surface area contributed by atoms with Crippen LogP contribution in [0.25, 0.3) is 0 Å². The molecule has 1 nitrogen and oxygen atoms in total. The van der Waals surface area contributed by atoms with Crippen molar-refractivity contribution in [3.8, 4) is 5.75 Å². The Morgan fingerprint density at radius 3 is 2.40 bits per heavy atom. The van der Waals surface area contributed by atoms with Gasteiger partial charge in [-0.15, -0.1) is 0 Å². The Hall–Kier alpha value is -1.19. The van der Waals surface area contributed by atoms with Crippen LogP contribution in [0.2, 0.25) is 0 Å². The fourth-order valence-corrected chi connectivity index (χ4v) is 0.882. The zero-order chi connectivity index (χ0) is 11.8. The topological polar surface area (TPSA) is 9.23 Å². The Bertz CT molecular complexity index is 287. The van der Waals surface area contributed by atoms with E-state index < -0.39 is 18.8 Å². The number of ether oxygens (including phenoxy) is 1. The Labute approximate surface area is 87.9 Å². The van der Waals surface area contributed by atoms with Crippen molar-refractivity contribution in [2.75, 3.05) is 6.61 Å². The molecule has 1 aromatic rings. The lowest BCUT2D eigenvalue weighted by Crippen LogP contribution is -2.07. The van der Waals surface area contributed by atoms with Crippen LogP contribution in [0.1, 0.15) is 19.4 Å². The molecule has 0 aliphatic rings. The lowest BCUT2D eigenvalue weighted by atomic mass is 10.2. The van der Waals surface area contributed by atoms with Crippen molar-refractivity contribution < 1.29 is 17.9 Å². The van der Waals surface area contributed by atoms with Crippen LogP contribution >= 0.6 is 0 Å². The van der Waals surface area contributed by atoms with Gasteiger partial charge in [0.05, 0.1) is 0 Å². The summed E-state index contributed by atoms with van der Waals surface area (Å²) in [6.45, 7) is 4.96. The van der Waals surface area contributed by atoms with Crippen LogP contribution in [0, 0.1) is 12.7 Å². The molecule has 0 aliphatic carbocycles. The zero-order valence-corrected chi connectivity index (χ0v) is 9.06. The minimum absolute atomic E-state index is 0.167. The van der Waals surface area contributed by atoms with Crippen molar-refractivity contribution in [3.63, 3.8) is 0 Å². The van der Waals surface area contributed by atoms with Crippen LogP contribution in [0.15, 0.2) is 18.2 Å². The first-order valence-electron chi connectivity index (χ1n) is 4.76. The smallest absolute Gasteiger partial charge is 0.272 e. The van der Waals surface area contributed by atoms with Gasteiger partial charge in [0, 0.05) is 6.07 Å². The molecule has 15 heavy (non-hydrogen) atoms. The largest absolute Gasteiger partial charge is 0.487 e. The highest BCUT2D eigenvalue weighted by atomic mass is 19.3. The van der Waals surface area contributed by atoms with Crippen molar-refractivity contribution in [3.05, 3.63) is 29.6 Å². The third kappa shape index (κ3) is 5.30. The number of aryl methyl sites for hydroxylation is 1. The average Bonchev–Trinajstić information content (AvgIpc) is 2.22. The molecule has 0 fully saturated rings. The van der Waals surface area contributed by atoms with Crippen LogP contribution in [-0.4, -0.2) is 13.0 Å². The molecule has 0 saturated carbocycles. The van der Waals surface area contributed by atoms with Gasteiger partial charge in [0.25, 0.3) is 6.43 Å². The van der Waals surface area contributed by atoms with Crippen molar-refractivity contribution in [2.45, 2.75) is 27.2 Å². The van der Waals surface area contributed by atoms with Crippen molar-refractivity contribution in [1.29, 1.82) is 0 Å². The summed E-state index contributed by atoms with van der Waals surface area (Å²) in [5.41, 5.74) is 0.641. The normalized spacial score (nSPS) is 9.53. The third-order valence-electron chi connectivity index (χ3n) is 1.52. The highest BCUT2D eigenvalue weighted by molar-refractivity contribution is 5.32. The van der Waals surface area contributed by atoms with Gasteiger partial charge < -0.3 is 4.74 Å². The van der Waals surface area contributed by atoms with Gasteiger partial charge in [-0.05, 0) is 18.6 Å². The van der Waals surface area contributed by atoms with Gasteiger partial charge in [-0.3, -0.25) is 0 Å². The summed E-state index contributed by atoms with van der Waals surface area (Å²) in [4.78, 5) is 0. The van der Waals surface area contributed by atoms with Gasteiger partial charge in [-0.25, -0.2) is 13.2 Å². The lowest BCUT2D eigenvalue weighted by molar-refractivity contribution is 0.0814. The molecule has 0 spiro atoms. The molecule has 0 aromatic heterocycles. The Balaban J connectivity index is 0.000000921. The Morgan fingerprint density at radius 2 is 1.87 bits per heavy atom. The van der Waals surface area contributed by atoms with Crippen LogP contribution < -0.4 is 4.74 Å². The molecule has 0 radical (unpaired) electrons. The van der Waals surface area contributed by atoms with Crippen LogP contribution in [0.5, 0.6) is 5.75 Å². The molecule has 0 bridgehead atoms. The van der Waals surface area contributed by atoms with E-state index in [9.17, 15) is 13.2 Å². The number of rotatable bonds is 3. The quantitative estimate of drug-likeness (QED) is 0.752. The molecular formula is C11H15F3O. The van der Waals surface area contributed by atoms with E-state index in [0.29, 0.717) is 5.56 Å². The number of benzene rings is 1. The fraction of sp³-hybridized carbons (Fsp3) is 0.455. The molecule has 0 unspecified atom stereocenters. The standard InChI is InChI=1S/C9H9F3O.C2H6/c1-6-2-3-7(10)4-8(6)13-5-9(11)12;1-2/h2-4,9H,5H2,1H3;1-2H3. The third-order valence-corrected chi connectivity index (χ3v) is 1.52. The second kappa shape index (κ2) is 7.15. The van der Waals surface area contributed by atoms with Crippen LogP contribution in [0.4, 0.5) is 13.2 Å². The first-order valence-corrected chi connectivity index (χ1v) is 4.76. The predicted octanol–water partition coefficient (Wildman–Crippen LogP) is 3.80. The molecule has 0 amide bonds. The predicted molar refractivity (Wildman–Crippen MR) is 54.0 cm³/mol. The molecule has 0 atom stereocenters. The number of alkyl halides is 2. The summed E-state index contributed by atoms with van der Waals surface area (Å²) < 4.78 is 40.8. The molecule has 1 aromatic carbocycles. The maximum absolute atomic E-state index is 12.6. The van der Waals surface area contributed by atoms with Crippen molar-refractivity contribution >= 4 is 0 Å². The van der Waals surface area contributed by atoms with E-state index in [4.69, 9.17) is 0 Å². The zero-order valence-electron chi connectivity index (χ0n) is 9.06. The van der Waals surface area contributed by atoms with Gasteiger partial charge in [-0.2, -0.15) is 0 Å². The second-order valence-corrected chi connectivity index (χ2v) is 2.61. The highest BCUT2D eigenvalue weighted by Crippen LogP contribution is 2.19. The Morgan fingerprint density at radius 1 is 1.27 bits per heavy atom. The number of halogens is 3. The minimum atomic E-state index is -2.54. The highest BCUT2D eigenvalue weighted by Gasteiger charge is 2.06. The van der Waals surface area contributed by atoms with E-state index in [2.05, 4.69) is 4.74 Å². The summed E-state index contributed by atoms with van der Waals surface area (Å²) in [5.74, 6) is -0.324. The number of hydrogen-bond donors (Lipinski definition) is 0. The molecule has 86 valence electrons. The summed E-state index contributed by atoms with van der Waals surface area (Å²) in [5, 5.41) is 0. The van der Waals surface area contributed by atoms with E-state index >= 15 is 0 Å². The van der Waals surface area contributed by atoms with Gasteiger partial charge in [0.15, 0.2) is 0 Å². The van der Waals surface area contributed by atoms with E-state index in [1.54, 1.807) is 6.92 Å². The van der Waals surface area contributed by atoms with Crippen LogP contribution in [-0.2, 0) is 0 Å². The molecule has 0 saturated heterocycles. The molecule has 0 heterocycles. The van der Waals surface area contributed by atoms with Gasteiger partial charge in [0.2, 0.25) is 0 Å². The fourth-order valence-electron chi connectivity index (χ4n) is 0.882. The SMILES string of the molecule is CC.Cc1ccc(F)cc1OCC(F)F. The van der Waals surface area contributed by atoms with Crippen LogP contribution in [0.3, 0.4) is 0 Å². The van der Waals surface area contributed by atoms with E-state index in [1.807, 2.05) is 13.8 Å². The maximum atomic E-state index is 12.6. The molecule has 4 heteroatoms. The summed E-state index contributed by atoms with van der Waals surface area (Å²) in [6.07, 6.45) is -2.54. The van der Waals surface area contributed by atoms with E-state index in [1.165, 1.54) is 12.1 Å². The van der Waals surface area contributed by atoms with Gasteiger partial charge >= 0.3 is 0 Å². The second-order valence-electron chi connectivity index (χ2n) is 2.61. The monoisotopic (exact) mass is 220 g/mol. The Kier molecular flexibility index (Phi) is 6.58. The molecular weight excluding hydrogens is 205 g/mol. The first kappa shape index (κ1) is 13.8. The first-order chi connectivity index (χ1) is 7.09. The summed E-state index contributed by atoms with van der Waals surface area (Å²) in [7, 11) is 0. The van der Waals surface area contributed by atoms with Crippen molar-refractivity contribution in [2.24, 2.45) is 0 Å². The van der Waals surface area contributed by atoms with E-state index in [0.717, 1.165) is 6.07 Å².